The molecule has 0 fully saturated rings. The highest BCUT2D eigenvalue weighted by molar-refractivity contribution is 5.67. The Kier molecular flexibility index (Phi) is 3.06. The molecule has 0 radical (unpaired) electrons. The number of hydrogen-bond donors (Lipinski definition) is 2. The second kappa shape index (κ2) is 4.09. The number of carboxylic acid groups (broad SMARTS) is 1. The molecule has 1 rings (SSSR count). The van der Waals surface area contributed by atoms with Gasteiger partial charge in [0.25, 0.3) is 5.56 Å². The number of aliphatic carboxylic acids is 1. The van der Waals surface area contributed by atoms with Crippen LogP contribution in [0.25, 0.3) is 0 Å². The number of aromatic nitrogens is 1. The van der Waals surface area contributed by atoms with Gasteiger partial charge in [-0.15, -0.1) is 0 Å². The lowest BCUT2D eigenvalue weighted by atomic mass is 10.1. The van der Waals surface area contributed by atoms with Crippen molar-refractivity contribution in [3.63, 3.8) is 0 Å². The fourth-order valence-electron chi connectivity index (χ4n) is 1.42. The molecule has 1 heterocycles. The van der Waals surface area contributed by atoms with Gasteiger partial charge in [-0.25, -0.2) is 0 Å². The van der Waals surface area contributed by atoms with Crippen molar-refractivity contribution in [2.45, 2.75) is 26.7 Å². The summed E-state index contributed by atoms with van der Waals surface area (Å²) < 4.78 is 0. The van der Waals surface area contributed by atoms with E-state index in [9.17, 15) is 9.59 Å². The van der Waals surface area contributed by atoms with E-state index in [4.69, 9.17) is 5.11 Å². The maximum absolute atomic E-state index is 11.4. The topological polar surface area (TPSA) is 70.2 Å². The Morgan fingerprint density at radius 2 is 2.14 bits per heavy atom. The van der Waals surface area contributed by atoms with Gasteiger partial charge in [-0.1, -0.05) is 0 Å². The molecule has 0 bridgehead atoms. The molecule has 0 aliphatic heterocycles. The van der Waals surface area contributed by atoms with Crippen molar-refractivity contribution in [2.24, 2.45) is 0 Å². The largest absolute Gasteiger partial charge is 0.481 e. The minimum atomic E-state index is -0.885. The van der Waals surface area contributed by atoms with Crippen LogP contribution in [0.4, 0.5) is 0 Å². The first-order valence-electron chi connectivity index (χ1n) is 4.42. The molecule has 0 spiro atoms. The summed E-state index contributed by atoms with van der Waals surface area (Å²) >= 11 is 0. The van der Waals surface area contributed by atoms with E-state index in [0.717, 1.165) is 11.3 Å². The Morgan fingerprint density at radius 3 is 2.64 bits per heavy atom. The average Bonchev–Trinajstić information content (AvgIpc) is 2.01. The van der Waals surface area contributed by atoms with Crippen molar-refractivity contribution >= 4 is 5.97 Å². The molecule has 0 aliphatic carbocycles. The Balaban J connectivity index is 2.97. The number of H-pyrrole nitrogens is 1. The van der Waals surface area contributed by atoms with Crippen LogP contribution >= 0.6 is 0 Å². The molecule has 1 aromatic heterocycles. The number of hydrogen-bond acceptors (Lipinski definition) is 2. The van der Waals surface area contributed by atoms with Crippen molar-refractivity contribution in [2.75, 3.05) is 0 Å². The van der Waals surface area contributed by atoms with E-state index >= 15 is 0 Å². The zero-order valence-corrected chi connectivity index (χ0v) is 8.26. The average molecular weight is 195 g/mol. The van der Waals surface area contributed by atoms with Gasteiger partial charge in [0.05, 0.1) is 0 Å². The van der Waals surface area contributed by atoms with Gasteiger partial charge in [-0.2, -0.15) is 0 Å². The maximum atomic E-state index is 11.4. The molecule has 1 aromatic rings. The molecule has 0 unspecified atom stereocenters. The fraction of sp³-hybridized carbons (Fsp3) is 0.400. The SMILES string of the molecule is Cc1cc(C)c(CCC(=O)O)c(=O)[nH]1. The summed E-state index contributed by atoms with van der Waals surface area (Å²) in [4.78, 5) is 24.4. The van der Waals surface area contributed by atoms with E-state index < -0.39 is 5.97 Å². The van der Waals surface area contributed by atoms with Crippen LogP contribution in [0.5, 0.6) is 0 Å². The second-order valence-electron chi connectivity index (χ2n) is 3.34. The van der Waals surface area contributed by atoms with Crippen molar-refractivity contribution in [1.29, 1.82) is 0 Å². The molecular weight excluding hydrogens is 182 g/mol. The van der Waals surface area contributed by atoms with Crippen LogP contribution in [-0.4, -0.2) is 16.1 Å². The van der Waals surface area contributed by atoms with Crippen LogP contribution in [0.3, 0.4) is 0 Å². The maximum Gasteiger partial charge on any atom is 0.303 e. The molecule has 2 N–H and O–H groups in total. The van der Waals surface area contributed by atoms with Gasteiger partial charge < -0.3 is 10.1 Å². The molecule has 14 heavy (non-hydrogen) atoms. The van der Waals surface area contributed by atoms with Crippen LogP contribution in [0, 0.1) is 13.8 Å². The van der Waals surface area contributed by atoms with Gasteiger partial charge in [0, 0.05) is 17.7 Å². The Labute approximate surface area is 81.6 Å². The van der Waals surface area contributed by atoms with Crippen LogP contribution in [0.2, 0.25) is 0 Å². The Hall–Kier alpha value is -1.58. The quantitative estimate of drug-likeness (QED) is 0.756. The minimum absolute atomic E-state index is 0.00696. The summed E-state index contributed by atoms with van der Waals surface area (Å²) in [5.74, 6) is -0.885. The summed E-state index contributed by atoms with van der Waals surface area (Å²) in [6.07, 6.45) is 0.282. The predicted molar refractivity (Wildman–Crippen MR) is 52.5 cm³/mol. The van der Waals surface area contributed by atoms with Gasteiger partial charge in [0.1, 0.15) is 0 Å². The smallest absolute Gasteiger partial charge is 0.303 e. The monoisotopic (exact) mass is 195 g/mol. The molecule has 0 saturated carbocycles. The van der Waals surface area contributed by atoms with Crippen molar-refractivity contribution in [3.05, 3.63) is 33.2 Å². The molecule has 0 saturated heterocycles. The molecule has 0 aromatic carbocycles. The van der Waals surface area contributed by atoms with Gasteiger partial charge in [-0.3, -0.25) is 9.59 Å². The van der Waals surface area contributed by atoms with Crippen molar-refractivity contribution < 1.29 is 9.90 Å². The normalized spacial score (nSPS) is 10.1. The van der Waals surface area contributed by atoms with E-state index in [1.54, 1.807) is 6.92 Å². The van der Waals surface area contributed by atoms with Crippen LogP contribution < -0.4 is 5.56 Å². The van der Waals surface area contributed by atoms with Crippen LogP contribution in [-0.2, 0) is 11.2 Å². The van der Waals surface area contributed by atoms with E-state index in [2.05, 4.69) is 4.98 Å². The van der Waals surface area contributed by atoms with E-state index in [1.165, 1.54) is 0 Å². The first-order chi connectivity index (χ1) is 6.50. The van der Waals surface area contributed by atoms with Gasteiger partial charge in [0.15, 0.2) is 0 Å². The first kappa shape index (κ1) is 10.5. The third kappa shape index (κ3) is 2.45. The highest BCUT2D eigenvalue weighted by Crippen LogP contribution is 2.05. The summed E-state index contributed by atoms with van der Waals surface area (Å²) in [6.45, 7) is 3.62. The molecule has 4 heteroatoms. The lowest BCUT2D eigenvalue weighted by Crippen LogP contribution is -2.16. The summed E-state index contributed by atoms with van der Waals surface area (Å²) in [5.41, 5.74) is 2.04. The van der Waals surface area contributed by atoms with Crippen LogP contribution in [0.15, 0.2) is 10.9 Å². The third-order valence-electron chi connectivity index (χ3n) is 2.08. The standard InChI is InChI=1S/C10H13NO3/c1-6-5-7(2)11-10(14)8(6)3-4-9(12)13/h5H,3-4H2,1-2H3,(H,11,14)(H,12,13). The number of carbonyl (C=O) groups is 1. The minimum Gasteiger partial charge on any atom is -0.481 e. The number of nitrogens with one attached hydrogen (secondary N) is 1. The molecule has 0 amide bonds. The van der Waals surface area contributed by atoms with E-state index in [0.29, 0.717) is 5.56 Å². The lowest BCUT2D eigenvalue weighted by Gasteiger charge is -2.03. The molecule has 0 aliphatic rings. The Bertz CT molecular complexity index is 406. The molecule has 76 valence electrons. The number of aromatic amines is 1. The van der Waals surface area contributed by atoms with Gasteiger partial charge >= 0.3 is 5.97 Å². The summed E-state index contributed by atoms with van der Waals surface area (Å²) in [6, 6.07) is 1.85. The summed E-state index contributed by atoms with van der Waals surface area (Å²) in [5, 5.41) is 8.50. The zero-order chi connectivity index (χ0) is 10.7. The highest BCUT2D eigenvalue weighted by Gasteiger charge is 2.06. The first-order valence-corrected chi connectivity index (χ1v) is 4.42. The predicted octanol–water partition coefficient (Wildman–Crippen LogP) is 1.01. The fourth-order valence-corrected chi connectivity index (χ4v) is 1.42. The lowest BCUT2D eigenvalue weighted by molar-refractivity contribution is -0.136. The Morgan fingerprint density at radius 1 is 1.50 bits per heavy atom. The van der Waals surface area contributed by atoms with Crippen molar-refractivity contribution in [3.8, 4) is 0 Å². The third-order valence-corrected chi connectivity index (χ3v) is 2.08. The summed E-state index contributed by atoms with van der Waals surface area (Å²) in [7, 11) is 0. The number of carboxylic acids is 1. The van der Waals surface area contributed by atoms with Crippen LogP contribution in [0.1, 0.15) is 23.2 Å². The van der Waals surface area contributed by atoms with E-state index in [-0.39, 0.29) is 18.4 Å². The number of aryl methyl sites for hydroxylation is 2. The second-order valence-corrected chi connectivity index (χ2v) is 3.34. The number of rotatable bonds is 3. The van der Waals surface area contributed by atoms with Gasteiger partial charge in [0.2, 0.25) is 0 Å². The highest BCUT2D eigenvalue weighted by atomic mass is 16.4. The van der Waals surface area contributed by atoms with Gasteiger partial charge in [-0.05, 0) is 31.9 Å². The van der Waals surface area contributed by atoms with E-state index in [1.807, 2.05) is 13.0 Å². The van der Waals surface area contributed by atoms with Crippen molar-refractivity contribution in [1.82, 2.24) is 4.98 Å². The molecule has 4 nitrogen and oxygen atoms in total. The zero-order valence-electron chi connectivity index (χ0n) is 8.26. The molecule has 0 atom stereocenters. The number of pyridine rings is 1. The molecular formula is C10H13NO3.